The van der Waals surface area contributed by atoms with E-state index < -0.39 is 27.8 Å². The second-order valence-electron chi connectivity index (χ2n) is 5.12. The van der Waals surface area contributed by atoms with Gasteiger partial charge in [-0.15, -0.1) is 0 Å². The van der Waals surface area contributed by atoms with Crippen molar-refractivity contribution < 1.29 is 23.1 Å². The van der Waals surface area contributed by atoms with Gasteiger partial charge in [0.1, 0.15) is 0 Å². The smallest absolute Gasteiger partial charge is 0.321 e. The number of benzene rings is 1. The van der Waals surface area contributed by atoms with Crippen molar-refractivity contribution in [2.45, 2.75) is 11.3 Å². The van der Waals surface area contributed by atoms with Crippen LogP contribution < -0.4 is 5.32 Å². The fourth-order valence-corrected chi connectivity index (χ4v) is 3.52. The second-order valence-corrected chi connectivity index (χ2v) is 7.51. The zero-order valence-electron chi connectivity index (χ0n) is 11.7. The molecule has 0 spiro atoms. The number of hydrogen-bond donors (Lipinski definition) is 2. The quantitative estimate of drug-likeness (QED) is 0.866. The standard InChI is InChI=1S/C13H15ClN2O5S/c1-22(20,21)11-6-9(2-3-10(11)14)15-13(19)16-5-4-8(7-16)12(17)18/h2-3,6,8H,4-5,7H2,1H3,(H,15,19)(H,17,18)/t8-/m1/s1. The van der Waals surface area contributed by atoms with E-state index in [1.807, 2.05) is 0 Å². The zero-order chi connectivity index (χ0) is 16.5. The van der Waals surface area contributed by atoms with Crippen LogP contribution in [-0.2, 0) is 14.6 Å². The van der Waals surface area contributed by atoms with E-state index in [0.717, 1.165) is 6.26 Å². The molecular weight excluding hydrogens is 332 g/mol. The molecule has 9 heteroatoms. The maximum absolute atomic E-state index is 12.1. The number of halogens is 1. The molecule has 1 aromatic rings. The van der Waals surface area contributed by atoms with E-state index in [9.17, 15) is 18.0 Å². The van der Waals surface area contributed by atoms with Gasteiger partial charge in [0.2, 0.25) is 0 Å². The number of nitrogens with zero attached hydrogens (tertiary/aromatic N) is 1. The van der Waals surface area contributed by atoms with Crippen LogP contribution in [0, 0.1) is 5.92 Å². The van der Waals surface area contributed by atoms with Crippen molar-refractivity contribution in [1.82, 2.24) is 4.90 Å². The number of amides is 2. The number of anilines is 1. The van der Waals surface area contributed by atoms with Crippen LogP contribution in [-0.4, -0.2) is 49.8 Å². The SMILES string of the molecule is CS(=O)(=O)c1cc(NC(=O)N2CC[C@@H](C(=O)O)C2)ccc1Cl. The highest BCUT2D eigenvalue weighted by atomic mass is 35.5. The molecule has 0 saturated carbocycles. The Labute approximate surface area is 132 Å². The molecule has 1 aliphatic rings. The third-order valence-corrected chi connectivity index (χ3v) is 4.99. The van der Waals surface area contributed by atoms with Gasteiger partial charge in [-0.1, -0.05) is 11.6 Å². The predicted molar refractivity (Wildman–Crippen MR) is 80.9 cm³/mol. The Hall–Kier alpha value is -1.80. The molecule has 120 valence electrons. The fraction of sp³-hybridized carbons (Fsp3) is 0.385. The Balaban J connectivity index is 2.12. The Morgan fingerprint density at radius 1 is 1.41 bits per heavy atom. The van der Waals surface area contributed by atoms with E-state index in [1.54, 1.807) is 0 Å². The van der Waals surface area contributed by atoms with E-state index in [2.05, 4.69) is 5.32 Å². The Morgan fingerprint density at radius 3 is 2.64 bits per heavy atom. The largest absolute Gasteiger partial charge is 0.481 e. The van der Waals surface area contributed by atoms with Crippen molar-refractivity contribution in [3.05, 3.63) is 23.2 Å². The molecule has 2 N–H and O–H groups in total. The first-order chi connectivity index (χ1) is 10.2. The van der Waals surface area contributed by atoms with Crippen LogP contribution in [0.4, 0.5) is 10.5 Å². The molecule has 22 heavy (non-hydrogen) atoms. The number of carbonyl (C=O) groups excluding carboxylic acids is 1. The van der Waals surface area contributed by atoms with Gasteiger partial charge in [-0.3, -0.25) is 4.79 Å². The Morgan fingerprint density at radius 2 is 2.09 bits per heavy atom. The molecule has 0 bridgehead atoms. The highest BCUT2D eigenvalue weighted by Crippen LogP contribution is 2.25. The van der Waals surface area contributed by atoms with E-state index in [4.69, 9.17) is 16.7 Å². The van der Waals surface area contributed by atoms with Crippen molar-refractivity contribution in [1.29, 1.82) is 0 Å². The van der Waals surface area contributed by atoms with Crippen LogP contribution in [0.5, 0.6) is 0 Å². The molecule has 1 fully saturated rings. The Bertz CT molecular complexity index is 719. The number of sulfone groups is 1. The van der Waals surface area contributed by atoms with Crippen molar-refractivity contribution in [2.75, 3.05) is 24.7 Å². The molecule has 1 atom stereocenters. The summed E-state index contributed by atoms with van der Waals surface area (Å²) >= 11 is 5.83. The summed E-state index contributed by atoms with van der Waals surface area (Å²) in [5.41, 5.74) is 0.286. The fourth-order valence-electron chi connectivity index (χ4n) is 2.21. The van der Waals surface area contributed by atoms with Gasteiger partial charge in [0.15, 0.2) is 9.84 Å². The van der Waals surface area contributed by atoms with E-state index in [0.29, 0.717) is 13.0 Å². The molecule has 7 nitrogen and oxygen atoms in total. The molecular formula is C13H15ClN2O5S. The summed E-state index contributed by atoms with van der Waals surface area (Å²) in [4.78, 5) is 24.3. The van der Waals surface area contributed by atoms with Gasteiger partial charge in [-0.2, -0.15) is 0 Å². The number of likely N-dealkylation sites (tertiary alicyclic amines) is 1. The van der Waals surface area contributed by atoms with Crippen molar-refractivity contribution >= 4 is 39.1 Å². The lowest BCUT2D eigenvalue weighted by molar-refractivity contribution is -0.141. The molecule has 2 amide bonds. The van der Waals surface area contributed by atoms with Gasteiger partial charge in [0.25, 0.3) is 0 Å². The maximum atomic E-state index is 12.1. The summed E-state index contributed by atoms with van der Waals surface area (Å²) in [6, 6.07) is 3.68. The number of hydrogen-bond acceptors (Lipinski definition) is 4. The van der Waals surface area contributed by atoms with Gasteiger partial charge in [-0.25, -0.2) is 13.2 Å². The van der Waals surface area contributed by atoms with Crippen molar-refractivity contribution in [3.63, 3.8) is 0 Å². The summed E-state index contributed by atoms with van der Waals surface area (Å²) in [6.07, 6.45) is 1.43. The molecule has 1 heterocycles. The molecule has 1 aromatic carbocycles. The number of carboxylic acid groups (broad SMARTS) is 1. The minimum Gasteiger partial charge on any atom is -0.481 e. The third kappa shape index (κ3) is 3.69. The lowest BCUT2D eigenvalue weighted by Crippen LogP contribution is -2.33. The highest BCUT2D eigenvalue weighted by molar-refractivity contribution is 7.90. The molecule has 0 unspecified atom stereocenters. The van der Waals surface area contributed by atoms with Crippen LogP contribution in [0.3, 0.4) is 0 Å². The summed E-state index contributed by atoms with van der Waals surface area (Å²) in [6.45, 7) is 0.475. The topological polar surface area (TPSA) is 104 Å². The van der Waals surface area contributed by atoms with Crippen LogP contribution >= 0.6 is 11.6 Å². The third-order valence-electron chi connectivity index (χ3n) is 3.41. The van der Waals surface area contributed by atoms with Gasteiger partial charge in [0.05, 0.1) is 15.8 Å². The van der Waals surface area contributed by atoms with Crippen LogP contribution in [0.25, 0.3) is 0 Å². The average molecular weight is 347 g/mol. The molecule has 1 aliphatic heterocycles. The van der Waals surface area contributed by atoms with Gasteiger partial charge in [-0.05, 0) is 24.6 Å². The zero-order valence-corrected chi connectivity index (χ0v) is 13.3. The molecule has 0 aromatic heterocycles. The molecule has 0 aliphatic carbocycles. The summed E-state index contributed by atoms with van der Waals surface area (Å²) in [7, 11) is -3.51. The number of carbonyl (C=O) groups is 2. The highest BCUT2D eigenvalue weighted by Gasteiger charge is 2.30. The number of carboxylic acids is 1. The van der Waals surface area contributed by atoms with Crippen LogP contribution in [0.1, 0.15) is 6.42 Å². The minimum atomic E-state index is -3.51. The summed E-state index contributed by atoms with van der Waals surface area (Å²) in [5, 5.41) is 11.5. The minimum absolute atomic E-state index is 0.0724. The van der Waals surface area contributed by atoms with Gasteiger partial charge in [0, 0.05) is 25.0 Å². The van der Waals surface area contributed by atoms with E-state index >= 15 is 0 Å². The van der Waals surface area contributed by atoms with Gasteiger partial charge < -0.3 is 15.3 Å². The van der Waals surface area contributed by atoms with Gasteiger partial charge >= 0.3 is 12.0 Å². The second kappa shape index (κ2) is 6.13. The molecule has 0 radical (unpaired) electrons. The molecule has 2 rings (SSSR count). The lowest BCUT2D eigenvalue weighted by atomic mass is 10.1. The summed E-state index contributed by atoms with van der Waals surface area (Å²) < 4.78 is 23.2. The first-order valence-electron chi connectivity index (χ1n) is 6.47. The number of aliphatic carboxylic acids is 1. The normalized spacial score (nSPS) is 18.3. The number of nitrogens with one attached hydrogen (secondary N) is 1. The Kier molecular flexibility index (Phi) is 4.62. The summed E-state index contributed by atoms with van der Waals surface area (Å²) in [5.74, 6) is -1.50. The number of rotatable bonds is 3. The number of urea groups is 1. The first kappa shape index (κ1) is 16.6. The van der Waals surface area contributed by atoms with E-state index in [-0.39, 0.29) is 22.2 Å². The predicted octanol–water partition coefficient (Wildman–Crippen LogP) is 1.68. The van der Waals surface area contributed by atoms with Crippen LogP contribution in [0.2, 0.25) is 5.02 Å². The average Bonchev–Trinajstić information content (AvgIpc) is 2.89. The first-order valence-corrected chi connectivity index (χ1v) is 8.74. The molecule has 1 saturated heterocycles. The van der Waals surface area contributed by atoms with Crippen molar-refractivity contribution in [2.24, 2.45) is 5.92 Å². The van der Waals surface area contributed by atoms with Crippen LogP contribution in [0.15, 0.2) is 23.1 Å². The monoisotopic (exact) mass is 346 g/mol. The van der Waals surface area contributed by atoms with Crippen molar-refractivity contribution in [3.8, 4) is 0 Å². The lowest BCUT2D eigenvalue weighted by Gasteiger charge is -2.17. The maximum Gasteiger partial charge on any atom is 0.321 e. The van der Waals surface area contributed by atoms with E-state index in [1.165, 1.54) is 23.1 Å².